The van der Waals surface area contributed by atoms with Crippen molar-refractivity contribution in [2.45, 2.75) is 13.0 Å². The molecule has 21 heavy (non-hydrogen) atoms. The van der Waals surface area contributed by atoms with Crippen LogP contribution in [-0.4, -0.2) is 49.4 Å². The normalized spacial score (nSPS) is 17.2. The lowest BCUT2D eigenvalue weighted by molar-refractivity contribution is 0.0170. The van der Waals surface area contributed by atoms with Crippen LogP contribution in [-0.2, 0) is 4.74 Å². The van der Waals surface area contributed by atoms with Gasteiger partial charge in [-0.05, 0) is 36.8 Å². The zero-order chi connectivity index (χ0) is 15.1. The van der Waals surface area contributed by atoms with Gasteiger partial charge in [-0.3, -0.25) is 4.90 Å². The topological polar surface area (TPSA) is 36.5 Å². The van der Waals surface area contributed by atoms with E-state index in [1.54, 1.807) is 0 Å². The molecule has 116 valence electrons. The zero-order valence-corrected chi connectivity index (χ0v) is 13.1. The lowest BCUT2D eigenvalue weighted by Gasteiger charge is -2.35. The van der Waals surface area contributed by atoms with E-state index in [0.29, 0.717) is 11.7 Å². The largest absolute Gasteiger partial charge is 0.379 e. The van der Waals surface area contributed by atoms with Gasteiger partial charge in [-0.25, -0.2) is 4.39 Å². The summed E-state index contributed by atoms with van der Waals surface area (Å²) in [7, 11) is 0. The third-order valence-electron chi connectivity index (χ3n) is 3.53. The highest BCUT2D eigenvalue weighted by molar-refractivity contribution is 7.80. The SMILES string of the molecule is CCNC(=S)NCC(c1ccc(F)cc1)N1CCOCC1. The molecule has 1 unspecified atom stereocenters. The molecular weight excluding hydrogens is 289 g/mol. The van der Waals surface area contributed by atoms with Gasteiger partial charge in [-0.2, -0.15) is 0 Å². The predicted molar refractivity (Wildman–Crippen MR) is 85.8 cm³/mol. The maximum Gasteiger partial charge on any atom is 0.166 e. The van der Waals surface area contributed by atoms with Gasteiger partial charge in [-0.1, -0.05) is 12.1 Å². The molecule has 0 radical (unpaired) electrons. The van der Waals surface area contributed by atoms with Crippen LogP contribution < -0.4 is 10.6 Å². The van der Waals surface area contributed by atoms with Crippen molar-refractivity contribution in [3.05, 3.63) is 35.6 Å². The van der Waals surface area contributed by atoms with E-state index in [1.807, 2.05) is 19.1 Å². The van der Waals surface area contributed by atoms with E-state index in [4.69, 9.17) is 17.0 Å². The summed E-state index contributed by atoms with van der Waals surface area (Å²) in [6.07, 6.45) is 0. The van der Waals surface area contributed by atoms with E-state index >= 15 is 0 Å². The van der Waals surface area contributed by atoms with E-state index in [-0.39, 0.29) is 11.9 Å². The first-order valence-electron chi connectivity index (χ1n) is 7.29. The van der Waals surface area contributed by atoms with Gasteiger partial charge in [0.05, 0.1) is 19.3 Å². The predicted octanol–water partition coefficient (Wildman–Crippen LogP) is 1.68. The Kier molecular flexibility index (Phi) is 6.35. The van der Waals surface area contributed by atoms with Crippen molar-refractivity contribution in [3.8, 4) is 0 Å². The van der Waals surface area contributed by atoms with Gasteiger partial charge in [0.1, 0.15) is 5.82 Å². The van der Waals surface area contributed by atoms with E-state index in [1.165, 1.54) is 12.1 Å². The lowest BCUT2D eigenvalue weighted by Crippen LogP contribution is -2.45. The molecule has 1 fully saturated rings. The van der Waals surface area contributed by atoms with Gasteiger partial charge in [0.25, 0.3) is 0 Å². The Morgan fingerprint density at radius 1 is 1.29 bits per heavy atom. The Morgan fingerprint density at radius 2 is 1.95 bits per heavy atom. The monoisotopic (exact) mass is 311 g/mol. The Hall–Kier alpha value is -1.24. The van der Waals surface area contributed by atoms with Crippen molar-refractivity contribution >= 4 is 17.3 Å². The number of thiocarbonyl (C=S) groups is 1. The molecule has 1 atom stereocenters. The van der Waals surface area contributed by atoms with Gasteiger partial charge in [0.2, 0.25) is 0 Å². The minimum atomic E-state index is -0.212. The first-order valence-corrected chi connectivity index (χ1v) is 7.70. The molecule has 0 saturated carbocycles. The molecule has 0 aromatic heterocycles. The fraction of sp³-hybridized carbons (Fsp3) is 0.533. The van der Waals surface area contributed by atoms with Gasteiger partial charge >= 0.3 is 0 Å². The second-order valence-electron chi connectivity index (χ2n) is 4.96. The number of nitrogens with one attached hydrogen (secondary N) is 2. The van der Waals surface area contributed by atoms with Crippen molar-refractivity contribution in [1.82, 2.24) is 15.5 Å². The summed E-state index contributed by atoms with van der Waals surface area (Å²) >= 11 is 5.22. The molecule has 0 aliphatic carbocycles. The molecule has 1 aromatic rings. The molecule has 6 heteroatoms. The summed E-state index contributed by atoms with van der Waals surface area (Å²) in [5, 5.41) is 6.97. The molecule has 1 heterocycles. The smallest absolute Gasteiger partial charge is 0.166 e. The van der Waals surface area contributed by atoms with Gasteiger partial charge in [-0.15, -0.1) is 0 Å². The number of hydrogen-bond acceptors (Lipinski definition) is 3. The van der Waals surface area contributed by atoms with Crippen molar-refractivity contribution in [3.63, 3.8) is 0 Å². The van der Waals surface area contributed by atoms with Crippen LogP contribution >= 0.6 is 12.2 Å². The van der Waals surface area contributed by atoms with E-state index in [0.717, 1.165) is 38.4 Å². The minimum absolute atomic E-state index is 0.158. The third kappa shape index (κ3) is 4.91. The van der Waals surface area contributed by atoms with Crippen molar-refractivity contribution in [2.75, 3.05) is 39.4 Å². The fourth-order valence-corrected chi connectivity index (χ4v) is 2.67. The van der Waals surface area contributed by atoms with Gasteiger partial charge < -0.3 is 15.4 Å². The molecule has 4 nitrogen and oxygen atoms in total. The molecule has 1 aliphatic heterocycles. The highest BCUT2D eigenvalue weighted by Gasteiger charge is 2.22. The summed E-state index contributed by atoms with van der Waals surface area (Å²) in [6, 6.07) is 6.85. The number of morpholine rings is 1. The maximum absolute atomic E-state index is 13.1. The summed E-state index contributed by atoms with van der Waals surface area (Å²) in [6.45, 7) is 6.70. The van der Waals surface area contributed by atoms with Crippen LogP contribution in [0.5, 0.6) is 0 Å². The molecule has 0 spiro atoms. The molecule has 2 rings (SSSR count). The number of ether oxygens (including phenoxy) is 1. The average molecular weight is 311 g/mol. The minimum Gasteiger partial charge on any atom is -0.379 e. The summed E-state index contributed by atoms with van der Waals surface area (Å²) in [5.74, 6) is -0.212. The lowest BCUT2D eigenvalue weighted by atomic mass is 10.0. The zero-order valence-electron chi connectivity index (χ0n) is 12.3. The van der Waals surface area contributed by atoms with Crippen LogP contribution in [0.4, 0.5) is 4.39 Å². The summed E-state index contributed by atoms with van der Waals surface area (Å²) in [5.41, 5.74) is 1.09. The maximum atomic E-state index is 13.1. The number of halogens is 1. The van der Waals surface area contributed by atoms with Gasteiger partial charge in [0, 0.05) is 26.2 Å². The van der Waals surface area contributed by atoms with E-state index in [9.17, 15) is 4.39 Å². The van der Waals surface area contributed by atoms with Crippen LogP contribution in [0.15, 0.2) is 24.3 Å². The second-order valence-corrected chi connectivity index (χ2v) is 5.36. The molecule has 1 aromatic carbocycles. The molecule has 1 aliphatic rings. The number of hydrogen-bond donors (Lipinski definition) is 2. The Bertz CT molecular complexity index is 449. The van der Waals surface area contributed by atoms with Crippen molar-refractivity contribution in [1.29, 1.82) is 0 Å². The first kappa shape index (κ1) is 16.1. The fourth-order valence-electron chi connectivity index (χ4n) is 2.44. The van der Waals surface area contributed by atoms with Crippen LogP contribution in [0, 0.1) is 5.82 Å². The first-order chi connectivity index (χ1) is 10.2. The average Bonchev–Trinajstić information content (AvgIpc) is 2.50. The molecule has 2 N–H and O–H groups in total. The quantitative estimate of drug-likeness (QED) is 0.809. The highest BCUT2D eigenvalue weighted by atomic mass is 32.1. The van der Waals surface area contributed by atoms with Crippen molar-refractivity contribution < 1.29 is 9.13 Å². The summed E-state index contributed by atoms with van der Waals surface area (Å²) in [4.78, 5) is 2.35. The Labute approximate surface area is 130 Å². The van der Waals surface area contributed by atoms with E-state index in [2.05, 4.69) is 15.5 Å². The molecule has 1 saturated heterocycles. The Morgan fingerprint density at radius 3 is 2.57 bits per heavy atom. The third-order valence-corrected chi connectivity index (χ3v) is 3.82. The molecule has 0 amide bonds. The highest BCUT2D eigenvalue weighted by Crippen LogP contribution is 2.21. The molecule has 0 bridgehead atoms. The van der Waals surface area contributed by atoms with Crippen LogP contribution in [0.1, 0.15) is 18.5 Å². The standard InChI is InChI=1S/C15H22FN3OS/c1-2-17-15(21)18-11-14(19-7-9-20-10-8-19)12-3-5-13(16)6-4-12/h3-6,14H,2,7-11H2,1H3,(H2,17,18,21). The van der Waals surface area contributed by atoms with Crippen molar-refractivity contribution in [2.24, 2.45) is 0 Å². The Balaban J connectivity index is 2.05. The van der Waals surface area contributed by atoms with Crippen LogP contribution in [0.25, 0.3) is 0 Å². The number of nitrogens with zero attached hydrogens (tertiary/aromatic N) is 1. The second kappa shape index (κ2) is 8.26. The van der Waals surface area contributed by atoms with E-state index < -0.39 is 0 Å². The van der Waals surface area contributed by atoms with Crippen LogP contribution in [0.3, 0.4) is 0 Å². The molecular formula is C15H22FN3OS. The van der Waals surface area contributed by atoms with Crippen LogP contribution in [0.2, 0.25) is 0 Å². The van der Waals surface area contributed by atoms with Gasteiger partial charge in [0.15, 0.2) is 5.11 Å². The summed E-state index contributed by atoms with van der Waals surface area (Å²) < 4.78 is 18.5. The number of benzene rings is 1. The number of rotatable bonds is 5.